The van der Waals surface area contributed by atoms with E-state index in [0.29, 0.717) is 36.3 Å². The second kappa shape index (κ2) is 8.18. The Morgan fingerprint density at radius 1 is 1.28 bits per heavy atom. The van der Waals surface area contributed by atoms with Crippen LogP contribution in [0, 0.1) is 0 Å². The molecule has 3 rings (SSSR count). The van der Waals surface area contributed by atoms with E-state index >= 15 is 0 Å². The van der Waals surface area contributed by atoms with Gasteiger partial charge in [-0.25, -0.2) is 0 Å². The van der Waals surface area contributed by atoms with E-state index in [1.165, 1.54) is 0 Å². The molecule has 2 aromatic rings. The maximum absolute atomic E-state index is 12.7. The number of benzene rings is 1. The lowest BCUT2D eigenvalue weighted by atomic mass is 10.1. The van der Waals surface area contributed by atoms with E-state index in [0.717, 1.165) is 11.1 Å². The van der Waals surface area contributed by atoms with Crippen LogP contribution >= 0.6 is 11.6 Å². The summed E-state index contributed by atoms with van der Waals surface area (Å²) in [6, 6.07) is 7.21. The molecule has 0 saturated heterocycles. The van der Waals surface area contributed by atoms with Gasteiger partial charge in [0.15, 0.2) is 11.5 Å². The molecule has 1 aromatic carbocycles. The van der Waals surface area contributed by atoms with Crippen molar-refractivity contribution in [2.24, 2.45) is 0 Å². The van der Waals surface area contributed by atoms with Crippen LogP contribution in [-0.4, -0.2) is 47.3 Å². The minimum Gasteiger partial charge on any atom is -0.486 e. The van der Waals surface area contributed by atoms with Crippen molar-refractivity contribution in [1.82, 2.24) is 9.88 Å². The molecule has 0 saturated carbocycles. The van der Waals surface area contributed by atoms with Crippen molar-refractivity contribution in [2.75, 3.05) is 26.4 Å². The van der Waals surface area contributed by atoms with Crippen molar-refractivity contribution in [2.45, 2.75) is 13.0 Å². The summed E-state index contributed by atoms with van der Waals surface area (Å²) in [6.07, 6.45) is 3.55. The summed E-state index contributed by atoms with van der Waals surface area (Å²) in [5.41, 5.74) is 1.65. The Bertz CT molecular complexity index is 739. The Labute approximate surface area is 151 Å². The number of carbonyl (C=O) groups excluding carboxylic acids is 1. The van der Waals surface area contributed by atoms with Gasteiger partial charge < -0.3 is 19.5 Å². The van der Waals surface area contributed by atoms with E-state index < -0.39 is 0 Å². The van der Waals surface area contributed by atoms with Crippen LogP contribution in [-0.2, 0) is 17.8 Å². The lowest BCUT2D eigenvalue weighted by Gasteiger charge is -2.23. The molecule has 0 bridgehead atoms. The second-order valence-corrected chi connectivity index (χ2v) is 6.09. The average molecular weight is 363 g/mol. The maximum Gasteiger partial charge on any atom is 0.227 e. The van der Waals surface area contributed by atoms with E-state index in [2.05, 4.69) is 4.98 Å². The number of pyridine rings is 1. The SMILES string of the molecule is O=C(Cc1cc(Cl)c2c(c1)OCCO2)N(CCO)Cc1cccnc1. The number of nitrogens with zero attached hydrogens (tertiary/aromatic N) is 2. The van der Waals surface area contributed by atoms with Gasteiger partial charge in [0, 0.05) is 25.5 Å². The van der Waals surface area contributed by atoms with E-state index in [4.69, 9.17) is 21.1 Å². The third kappa shape index (κ3) is 4.41. The zero-order valence-electron chi connectivity index (χ0n) is 13.7. The summed E-state index contributed by atoms with van der Waals surface area (Å²) < 4.78 is 11.0. The summed E-state index contributed by atoms with van der Waals surface area (Å²) in [6.45, 7) is 1.46. The molecular formula is C18H19ClN2O4. The van der Waals surface area contributed by atoms with Crippen LogP contribution in [0.1, 0.15) is 11.1 Å². The molecule has 1 aromatic heterocycles. The molecule has 1 aliphatic rings. The van der Waals surface area contributed by atoms with E-state index in [9.17, 15) is 9.90 Å². The monoisotopic (exact) mass is 362 g/mol. The summed E-state index contributed by atoms with van der Waals surface area (Å²) in [4.78, 5) is 18.3. The molecule has 0 radical (unpaired) electrons. The predicted molar refractivity (Wildman–Crippen MR) is 92.9 cm³/mol. The number of carbonyl (C=O) groups is 1. The largest absolute Gasteiger partial charge is 0.486 e. The van der Waals surface area contributed by atoms with Crippen molar-refractivity contribution in [3.05, 3.63) is 52.8 Å². The Morgan fingerprint density at radius 3 is 2.88 bits per heavy atom. The summed E-state index contributed by atoms with van der Waals surface area (Å²) in [5, 5.41) is 9.70. The van der Waals surface area contributed by atoms with Gasteiger partial charge in [0.05, 0.1) is 18.1 Å². The summed E-state index contributed by atoms with van der Waals surface area (Å²) >= 11 is 6.22. The van der Waals surface area contributed by atoms with Crippen molar-refractivity contribution < 1.29 is 19.4 Å². The molecule has 0 aliphatic carbocycles. The molecule has 25 heavy (non-hydrogen) atoms. The molecule has 0 spiro atoms. The zero-order chi connectivity index (χ0) is 17.6. The first kappa shape index (κ1) is 17.5. The van der Waals surface area contributed by atoms with Crippen LogP contribution in [0.5, 0.6) is 11.5 Å². The van der Waals surface area contributed by atoms with Crippen molar-refractivity contribution in [3.8, 4) is 11.5 Å². The predicted octanol–water partition coefficient (Wildman–Crippen LogP) is 2.07. The number of aromatic nitrogens is 1. The molecule has 1 aliphatic heterocycles. The second-order valence-electron chi connectivity index (χ2n) is 5.68. The van der Waals surface area contributed by atoms with Crippen LogP contribution in [0.2, 0.25) is 5.02 Å². The van der Waals surface area contributed by atoms with Gasteiger partial charge in [-0.05, 0) is 29.3 Å². The highest BCUT2D eigenvalue weighted by Gasteiger charge is 2.20. The van der Waals surface area contributed by atoms with Crippen LogP contribution in [0.4, 0.5) is 0 Å². The molecule has 7 heteroatoms. The molecule has 0 atom stereocenters. The number of fused-ring (bicyclic) bond motifs is 1. The van der Waals surface area contributed by atoms with Gasteiger partial charge in [-0.3, -0.25) is 9.78 Å². The highest BCUT2D eigenvalue weighted by atomic mass is 35.5. The van der Waals surface area contributed by atoms with E-state index in [1.54, 1.807) is 29.4 Å². The van der Waals surface area contributed by atoms with E-state index in [-0.39, 0.29) is 25.5 Å². The Kier molecular flexibility index (Phi) is 5.73. The molecule has 132 valence electrons. The summed E-state index contributed by atoms with van der Waals surface area (Å²) in [5.74, 6) is 0.972. The van der Waals surface area contributed by atoms with Gasteiger partial charge >= 0.3 is 0 Å². The number of rotatable bonds is 6. The van der Waals surface area contributed by atoms with Crippen LogP contribution in [0.3, 0.4) is 0 Å². The van der Waals surface area contributed by atoms with Gasteiger partial charge in [-0.15, -0.1) is 0 Å². The molecule has 2 heterocycles. The Hall–Kier alpha value is -2.31. The number of hydrogen-bond donors (Lipinski definition) is 1. The number of halogens is 1. The smallest absolute Gasteiger partial charge is 0.227 e. The Morgan fingerprint density at radius 2 is 2.12 bits per heavy atom. The molecule has 1 N–H and O–H groups in total. The molecule has 6 nitrogen and oxygen atoms in total. The number of hydrogen-bond acceptors (Lipinski definition) is 5. The minimum absolute atomic E-state index is 0.103. The lowest BCUT2D eigenvalue weighted by molar-refractivity contribution is -0.131. The number of ether oxygens (including phenoxy) is 2. The van der Waals surface area contributed by atoms with Gasteiger partial charge in [0.2, 0.25) is 5.91 Å². The summed E-state index contributed by atoms with van der Waals surface area (Å²) in [7, 11) is 0. The topological polar surface area (TPSA) is 71.9 Å². The number of aliphatic hydroxyl groups is 1. The van der Waals surface area contributed by atoms with Crippen molar-refractivity contribution in [1.29, 1.82) is 0 Å². The van der Waals surface area contributed by atoms with Gasteiger partial charge in [-0.1, -0.05) is 17.7 Å². The molecule has 0 fully saturated rings. The van der Waals surface area contributed by atoms with Crippen molar-refractivity contribution >= 4 is 17.5 Å². The van der Waals surface area contributed by atoms with Crippen molar-refractivity contribution in [3.63, 3.8) is 0 Å². The number of aliphatic hydroxyl groups excluding tert-OH is 1. The molecular weight excluding hydrogens is 344 g/mol. The quantitative estimate of drug-likeness (QED) is 0.851. The fourth-order valence-electron chi connectivity index (χ4n) is 2.68. The fourth-order valence-corrected chi connectivity index (χ4v) is 2.97. The van der Waals surface area contributed by atoms with E-state index in [1.807, 2.05) is 12.1 Å². The first-order valence-electron chi connectivity index (χ1n) is 8.03. The van der Waals surface area contributed by atoms with Crippen LogP contribution in [0.15, 0.2) is 36.7 Å². The lowest BCUT2D eigenvalue weighted by Crippen LogP contribution is -2.34. The van der Waals surface area contributed by atoms with Gasteiger partial charge in [0.1, 0.15) is 13.2 Å². The van der Waals surface area contributed by atoms with Crippen LogP contribution < -0.4 is 9.47 Å². The molecule has 0 unspecified atom stereocenters. The number of amides is 1. The standard InChI is InChI=1S/C18H19ClN2O4/c19-15-8-14(9-16-18(15)25-7-6-24-16)10-17(23)21(4-5-22)12-13-2-1-3-20-11-13/h1-3,8-9,11,22H,4-7,10,12H2. The normalized spacial score (nSPS) is 12.7. The fraction of sp³-hybridized carbons (Fsp3) is 0.333. The third-order valence-corrected chi connectivity index (χ3v) is 4.11. The highest BCUT2D eigenvalue weighted by Crippen LogP contribution is 2.38. The molecule has 1 amide bonds. The minimum atomic E-state index is -0.106. The average Bonchev–Trinajstić information content (AvgIpc) is 2.62. The first-order chi connectivity index (χ1) is 12.2. The van der Waals surface area contributed by atoms with Gasteiger partial charge in [0.25, 0.3) is 0 Å². The third-order valence-electron chi connectivity index (χ3n) is 3.83. The maximum atomic E-state index is 12.7. The van der Waals surface area contributed by atoms with Gasteiger partial charge in [-0.2, -0.15) is 0 Å². The highest BCUT2D eigenvalue weighted by molar-refractivity contribution is 6.32. The zero-order valence-corrected chi connectivity index (χ0v) is 14.4. The van der Waals surface area contributed by atoms with Crippen LogP contribution in [0.25, 0.3) is 0 Å². The first-order valence-corrected chi connectivity index (χ1v) is 8.40. The Balaban J connectivity index is 1.73.